The molecule has 0 aliphatic rings. The van der Waals surface area contributed by atoms with Crippen LogP contribution in [0.2, 0.25) is 0 Å². The van der Waals surface area contributed by atoms with E-state index in [1.165, 1.54) is 0 Å². The van der Waals surface area contributed by atoms with Crippen molar-refractivity contribution >= 4 is 31.9 Å². The van der Waals surface area contributed by atoms with Crippen LogP contribution in [-0.4, -0.2) is 25.8 Å². The summed E-state index contributed by atoms with van der Waals surface area (Å²) in [6.07, 6.45) is -1.10. The van der Waals surface area contributed by atoms with E-state index in [0.29, 0.717) is 5.75 Å². The number of hydrogen-bond donors (Lipinski definition) is 2. The van der Waals surface area contributed by atoms with E-state index >= 15 is 0 Å². The molecule has 6 nitrogen and oxygen atoms in total. The van der Waals surface area contributed by atoms with Gasteiger partial charge in [-0.3, -0.25) is 4.55 Å². The molecule has 0 fully saturated rings. The van der Waals surface area contributed by atoms with Gasteiger partial charge in [0.1, 0.15) is 5.75 Å². The van der Waals surface area contributed by atoms with Gasteiger partial charge >= 0.3 is 10.4 Å². The lowest BCUT2D eigenvalue weighted by Gasteiger charge is -2.20. The zero-order valence-electron chi connectivity index (χ0n) is 12.8. The first-order valence-corrected chi connectivity index (χ1v) is 8.77. The summed E-state index contributed by atoms with van der Waals surface area (Å²) in [5.41, 5.74) is 5.49. The highest BCUT2D eigenvalue weighted by Gasteiger charge is 2.20. The molecule has 0 spiro atoms. The van der Waals surface area contributed by atoms with Gasteiger partial charge in [-0.15, -0.1) is 0 Å². The van der Waals surface area contributed by atoms with Crippen molar-refractivity contribution < 1.29 is 21.9 Å². The highest BCUT2D eigenvalue weighted by molar-refractivity contribution is 7.80. The van der Waals surface area contributed by atoms with Crippen LogP contribution in [0.15, 0.2) is 54.6 Å². The smallest absolute Gasteiger partial charge is 0.400 e. The fraction of sp³-hybridized carbons (Fsp3) is 0.176. The monoisotopic (exact) mass is 347 g/mol. The first-order valence-electron chi connectivity index (χ1n) is 7.41. The Hall–Kier alpha value is -2.19. The van der Waals surface area contributed by atoms with Crippen LogP contribution in [-0.2, 0) is 14.6 Å². The fourth-order valence-corrected chi connectivity index (χ4v) is 3.04. The zero-order valence-corrected chi connectivity index (χ0v) is 13.6. The van der Waals surface area contributed by atoms with Crippen molar-refractivity contribution in [2.45, 2.75) is 12.7 Å². The van der Waals surface area contributed by atoms with Crippen molar-refractivity contribution in [2.24, 2.45) is 5.73 Å². The van der Waals surface area contributed by atoms with Crippen LogP contribution in [0.5, 0.6) is 5.75 Å². The fourth-order valence-electron chi connectivity index (χ4n) is 2.63. The third-order valence-corrected chi connectivity index (χ3v) is 4.06. The van der Waals surface area contributed by atoms with Gasteiger partial charge in [-0.2, -0.15) is 8.42 Å². The van der Waals surface area contributed by atoms with Gasteiger partial charge in [0, 0.05) is 17.2 Å². The molecule has 0 heterocycles. The lowest BCUT2D eigenvalue weighted by atomic mass is 10.0. The maximum Gasteiger partial charge on any atom is 0.400 e. The summed E-state index contributed by atoms with van der Waals surface area (Å²) in [7, 11) is -4.65. The van der Waals surface area contributed by atoms with Crippen LogP contribution in [0.3, 0.4) is 0 Å². The molecule has 0 saturated heterocycles. The number of nitrogens with two attached hydrogens (primary N) is 1. The van der Waals surface area contributed by atoms with Crippen molar-refractivity contribution in [2.75, 3.05) is 6.54 Å². The second kappa shape index (κ2) is 6.74. The van der Waals surface area contributed by atoms with Crippen LogP contribution >= 0.6 is 0 Å². The number of ether oxygens (including phenoxy) is 1. The second-order valence-electron chi connectivity index (χ2n) is 5.30. The van der Waals surface area contributed by atoms with Crippen molar-refractivity contribution in [3.8, 4) is 5.75 Å². The third-order valence-electron chi connectivity index (χ3n) is 3.60. The number of rotatable bonds is 6. The summed E-state index contributed by atoms with van der Waals surface area (Å²) in [6, 6.07) is 17.2. The van der Waals surface area contributed by atoms with Gasteiger partial charge in [-0.05, 0) is 23.4 Å². The van der Waals surface area contributed by atoms with Crippen molar-refractivity contribution in [3.05, 3.63) is 54.6 Å². The van der Waals surface area contributed by atoms with Gasteiger partial charge in [0.15, 0.2) is 0 Å². The van der Waals surface area contributed by atoms with E-state index in [0.717, 1.165) is 21.5 Å². The minimum Gasteiger partial charge on any atom is -0.462 e. The third kappa shape index (κ3) is 3.65. The van der Waals surface area contributed by atoms with E-state index in [9.17, 15) is 8.42 Å². The summed E-state index contributed by atoms with van der Waals surface area (Å²) in [5.74, 6) is 0.491. The molecule has 0 aromatic heterocycles. The molecule has 1 unspecified atom stereocenters. The van der Waals surface area contributed by atoms with E-state index in [-0.39, 0.29) is 13.0 Å². The molecule has 0 saturated carbocycles. The van der Waals surface area contributed by atoms with Gasteiger partial charge in [-0.1, -0.05) is 48.5 Å². The highest BCUT2D eigenvalue weighted by Crippen LogP contribution is 2.35. The molecule has 0 aliphatic carbocycles. The highest BCUT2D eigenvalue weighted by atomic mass is 32.3. The predicted octanol–water partition coefficient (Wildman–Crippen LogP) is 2.87. The Kier molecular flexibility index (Phi) is 4.68. The van der Waals surface area contributed by atoms with Crippen LogP contribution < -0.4 is 10.5 Å². The molecule has 3 aromatic carbocycles. The molecule has 0 radical (unpaired) electrons. The number of fused-ring (bicyclic) bond motifs is 2. The molecule has 0 bridgehead atoms. The molecular weight excluding hydrogens is 330 g/mol. The van der Waals surface area contributed by atoms with Crippen molar-refractivity contribution in [1.82, 2.24) is 0 Å². The van der Waals surface area contributed by atoms with E-state index in [1.54, 1.807) is 0 Å². The lowest BCUT2D eigenvalue weighted by molar-refractivity contribution is 0.000822. The summed E-state index contributed by atoms with van der Waals surface area (Å²) in [5, 5.41) is 3.53. The molecular formula is C17H17NO5S. The largest absolute Gasteiger partial charge is 0.462 e. The molecule has 3 aromatic rings. The van der Waals surface area contributed by atoms with Crippen LogP contribution in [0.4, 0.5) is 0 Å². The number of hydrogen-bond acceptors (Lipinski definition) is 5. The standard InChI is InChI=1S/C17H17NO5S/c18-10-9-16(23-24(19,20)21)22-17-14-7-3-1-5-12(14)11-13-6-2-4-8-15(13)17/h1-8,11,16H,9-10,18H2,(H,19,20,21). The molecule has 0 amide bonds. The quantitative estimate of drug-likeness (QED) is 0.404. The Morgan fingerprint density at radius 2 is 1.54 bits per heavy atom. The number of benzene rings is 3. The van der Waals surface area contributed by atoms with Gasteiger partial charge in [-0.25, -0.2) is 4.18 Å². The SMILES string of the molecule is NCCC(Oc1c2ccccc2cc2ccccc12)OS(=O)(=O)O. The molecule has 3 rings (SSSR count). The summed E-state index contributed by atoms with van der Waals surface area (Å²) < 4.78 is 41.5. The van der Waals surface area contributed by atoms with E-state index in [1.807, 2.05) is 54.6 Å². The second-order valence-corrected chi connectivity index (χ2v) is 6.34. The normalized spacial score (nSPS) is 13.2. The average molecular weight is 347 g/mol. The summed E-state index contributed by atoms with van der Waals surface area (Å²) in [4.78, 5) is 0. The molecule has 126 valence electrons. The van der Waals surface area contributed by atoms with Crippen molar-refractivity contribution in [3.63, 3.8) is 0 Å². The van der Waals surface area contributed by atoms with Gasteiger partial charge < -0.3 is 10.5 Å². The average Bonchev–Trinajstić information content (AvgIpc) is 2.53. The Balaban J connectivity index is 2.14. The summed E-state index contributed by atoms with van der Waals surface area (Å²) in [6.45, 7) is 0.142. The molecule has 24 heavy (non-hydrogen) atoms. The maximum atomic E-state index is 11.0. The van der Waals surface area contributed by atoms with Crippen LogP contribution in [0.1, 0.15) is 6.42 Å². The molecule has 0 aliphatic heterocycles. The van der Waals surface area contributed by atoms with Gasteiger partial charge in [0.25, 0.3) is 0 Å². The minimum atomic E-state index is -4.65. The molecule has 1 atom stereocenters. The summed E-state index contributed by atoms with van der Waals surface area (Å²) >= 11 is 0. The van der Waals surface area contributed by atoms with Crippen LogP contribution in [0, 0.1) is 0 Å². The van der Waals surface area contributed by atoms with E-state index in [4.69, 9.17) is 15.0 Å². The zero-order chi connectivity index (χ0) is 17.2. The van der Waals surface area contributed by atoms with Gasteiger partial charge in [0.05, 0.1) is 0 Å². The van der Waals surface area contributed by atoms with E-state index < -0.39 is 16.7 Å². The van der Waals surface area contributed by atoms with Gasteiger partial charge in [0.2, 0.25) is 6.29 Å². The Bertz CT molecular complexity index is 917. The van der Waals surface area contributed by atoms with Crippen LogP contribution in [0.25, 0.3) is 21.5 Å². The first-order chi connectivity index (χ1) is 11.5. The topological polar surface area (TPSA) is 98.9 Å². The Labute approximate surface area is 139 Å². The van der Waals surface area contributed by atoms with Crippen molar-refractivity contribution in [1.29, 1.82) is 0 Å². The Morgan fingerprint density at radius 1 is 1.00 bits per heavy atom. The molecule has 3 N–H and O–H groups in total. The molecule has 7 heteroatoms. The maximum absolute atomic E-state index is 11.0. The minimum absolute atomic E-state index is 0.108. The Morgan fingerprint density at radius 3 is 2.04 bits per heavy atom. The van der Waals surface area contributed by atoms with E-state index in [2.05, 4.69) is 4.18 Å². The first kappa shape index (κ1) is 16.7. The predicted molar refractivity (Wildman–Crippen MR) is 92.2 cm³/mol. The lowest BCUT2D eigenvalue weighted by Crippen LogP contribution is -2.27.